The maximum atomic E-state index is 6.19. The molecular formula is C13H16Cl2INO2. The molecule has 1 saturated heterocycles. The second kappa shape index (κ2) is 6.80. The lowest BCUT2D eigenvalue weighted by Crippen LogP contribution is -2.43. The van der Waals surface area contributed by atoms with Gasteiger partial charge < -0.3 is 14.8 Å². The second-order valence-electron chi connectivity index (χ2n) is 4.56. The molecule has 0 bridgehead atoms. The van der Waals surface area contributed by atoms with Gasteiger partial charge in [-0.1, -0.05) is 29.3 Å². The fourth-order valence-electron chi connectivity index (χ4n) is 2.20. The molecule has 1 fully saturated rings. The standard InChI is InChI=1S/C13H16Cl2INO2/c1-18-8-13(16,9-5-6-17-7-9)19-11-4-2-3-10(14)12(11)15/h2-4,9,17H,5-8H2,1H3/t9?,13-/m0/s1. The van der Waals surface area contributed by atoms with E-state index in [-0.39, 0.29) is 0 Å². The molecule has 1 aliphatic heterocycles. The minimum atomic E-state index is -0.440. The van der Waals surface area contributed by atoms with Crippen LogP contribution in [0.4, 0.5) is 0 Å². The number of rotatable bonds is 5. The molecule has 0 spiro atoms. The third kappa shape index (κ3) is 3.67. The van der Waals surface area contributed by atoms with Gasteiger partial charge in [-0.05, 0) is 47.7 Å². The fraction of sp³-hybridized carbons (Fsp3) is 0.538. The summed E-state index contributed by atoms with van der Waals surface area (Å²) in [5.74, 6) is 0.982. The van der Waals surface area contributed by atoms with Crippen molar-refractivity contribution in [2.75, 3.05) is 26.8 Å². The van der Waals surface area contributed by atoms with Crippen molar-refractivity contribution in [2.45, 2.75) is 10.0 Å². The van der Waals surface area contributed by atoms with E-state index in [4.69, 9.17) is 32.7 Å². The molecule has 0 aromatic heterocycles. The summed E-state index contributed by atoms with van der Waals surface area (Å²) in [5.41, 5.74) is 0. The van der Waals surface area contributed by atoms with Crippen molar-refractivity contribution in [3.8, 4) is 5.75 Å². The molecule has 1 N–H and O–H groups in total. The number of methoxy groups -OCH3 is 1. The minimum absolute atomic E-state index is 0.378. The molecule has 1 heterocycles. The maximum absolute atomic E-state index is 6.19. The number of nitrogens with one attached hydrogen (secondary N) is 1. The van der Waals surface area contributed by atoms with Crippen LogP contribution in [0.5, 0.6) is 5.75 Å². The van der Waals surface area contributed by atoms with E-state index in [1.165, 1.54) is 0 Å². The highest BCUT2D eigenvalue weighted by Gasteiger charge is 2.40. The average Bonchev–Trinajstić information content (AvgIpc) is 2.90. The van der Waals surface area contributed by atoms with Crippen LogP contribution < -0.4 is 10.1 Å². The Morgan fingerprint density at radius 3 is 2.89 bits per heavy atom. The molecule has 0 aliphatic carbocycles. The van der Waals surface area contributed by atoms with Crippen LogP contribution in [-0.4, -0.2) is 30.4 Å². The first-order chi connectivity index (χ1) is 9.07. The van der Waals surface area contributed by atoms with Gasteiger partial charge in [0, 0.05) is 19.6 Å². The van der Waals surface area contributed by atoms with E-state index < -0.39 is 3.61 Å². The van der Waals surface area contributed by atoms with E-state index >= 15 is 0 Å². The molecule has 6 heteroatoms. The zero-order valence-corrected chi connectivity index (χ0v) is 14.3. The summed E-state index contributed by atoms with van der Waals surface area (Å²) in [4.78, 5) is 0. The van der Waals surface area contributed by atoms with Gasteiger partial charge in [0.25, 0.3) is 0 Å². The quantitative estimate of drug-likeness (QED) is 0.586. The summed E-state index contributed by atoms with van der Waals surface area (Å²) in [5, 5.41) is 4.30. The lowest BCUT2D eigenvalue weighted by Gasteiger charge is -2.33. The fourth-order valence-corrected chi connectivity index (χ4v) is 3.61. The highest BCUT2D eigenvalue weighted by molar-refractivity contribution is 14.1. The Balaban J connectivity index is 2.22. The van der Waals surface area contributed by atoms with Crippen LogP contribution in [0.2, 0.25) is 10.0 Å². The van der Waals surface area contributed by atoms with Crippen LogP contribution in [0, 0.1) is 5.92 Å². The molecule has 3 nitrogen and oxygen atoms in total. The van der Waals surface area contributed by atoms with Crippen molar-refractivity contribution >= 4 is 45.8 Å². The Bertz CT molecular complexity index is 441. The lowest BCUT2D eigenvalue weighted by molar-refractivity contribution is 0.0353. The second-order valence-corrected chi connectivity index (χ2v) is 7.17. The number of hydrogen-bond acceptors (Lipinski definition) is 3. The Hall–Kier alpha value is 0.250. The summed E-state index contributed by atoms with van der Waals surface area (Å²) >= 11 is 14.5. The number of alkyl halides is 1. The minimum Gasteiger partial charge on any atom is -0.473 e. The smallest absolute Gasteiger partial charge is 0.186 e. The van der Waals surface area contributed by atoms with Gasteiger partial charge in [-0.2, -0.15) is 0 Å². The Morgan fingerprint density at radius 1 is 1.47 bits per heavy atom. The van der Waals surface area contributed by atoms with Crippen LogP contribution >= 0.6 is 45.8 Å². The normalized spacial score (nSPS) is 22.2. The van der Waals surface area contributed by atoms with Crippen molar-refractivity contribution in [3.05, 3.63) is 28.2 Å². The van der Waals surface area contributed by atoms with E-state index in [1.54, 1.807) is 13.2 Å². The predicted molar refractivity (Wildman–Crippen MR) is 86.7 cm³/mol. The van der Waals surface area contributed by atoms with Gasteiger partial charge >= 0.3 is 0 Å². The van der Waals surface area contributed by atoms with E-state index in [1.807, 2.05) is 12.1 Å². The summed E-state index contributed by atoms with van der Waals surface area (Å²) in [6.45, 7) is 2.43. The molecule has 19 heavy (non-hydrogen) atoms. The van der Waals surface area contributed by atoms with Crippen molar-refractivity contribution < 1.29 is 9.47 Å². The molecule has 1 unspecified atom stereocenters. The van der Waals surface area contributed by atoms with Crippen LogP contribution in [0.25, 0.3) is 0 Å². The highest BCUT2D eigenvalue weighted by Crippen LogP contribution is 2.40. The molecule has 0 amide bonds. The molecule has 1 aromatic rings. The van der Waals surface area contributed by atoms with E-state index in [9.17, 15) is 0 Å². The molecule has 2 rings (SSSR count). The largest absolute Gasteiger partial charge is 0.473 e. The Labute approximate surface area is 137 Å². The van der Waals surface area contributed by atoms with Gasteiger partial charge in [-0.15, -0.1) is 0 Å². The molecule has 1 aromatic carbocycles. The van der Waals surface area contributed by atoms with E-state index in [0.29, 0.717) is 28.3 Å². The predicted octanol–water partition coefficient (Wildman–Crippen LogP) is 3.76. The van der Waals surface area contributed by atoms with Crippen LogP contribution in [-0.2, 0) is 4.74 Å². The van der Waals surface area contributed by atoms with Crippen LogP contribution in [0.3, 0.4) is 0 Å². The Kier molecular flexibility index (Phi) is 5.60. The summed E-state index contributed by atoms with van der Waals surface area (Å²) in [7, 11) is 1.68. The zero-order valence-electron chi connectivity index (χ0n) is 10.6. The molecule has 1 aliphatic rings. The number of halogens is 3. The van der Waals surface area contributed by atoms with Crippen molar-refractivity contribution in [2.24, 2.45) is 5.92 Å². The Morgan fingerprint density at radius 2 is 2.26 bits per heavy atom. The first-order valence-electron chi connectivity index (χ1n) is 6.08. The number of hydrogen-bond donors (Lipinski definition) is 1. The number of ether oxygens (including phenoxy) is 2. The number of benzene rings is 1. The third-order valence-corrected chi connectivity index (χ3v) is 5.42. The summed E-state index contributed by atoms with van der Waals surface area (Å²) in [6, 6.07) is 5.42. The van der Waals surface area contributed by atoms with Crippen molar-refractivity contribution in [3.63, 3.8) is 0 Å². The summed E-state index contributed by atoms with van der Waals surface area (Å²) in [6.07, 6.45) is 1.06. The third-order valence-electron chi connectivity index (χ3n) is 3.21. The molecule has 106 valence electrons. The van der Waals surface area contributed by atoms with Gasteiger partial charge in [-0.3, -0.25) is 0 Å². The van der Waals surface area contributed by atoms with Crippen molar-refractivity contribution in [1.82, 2.24) is 5.32 Å². The maximum Gasteiger partial charge on any atom is 0.186 e. The first-order valence-corrected chi connectivity index (χ1v) is 7.92. The lowest BCUT2D eigenvalue weighted by atomic mass is 10.0. The molecule has 2 atom stereocenters. The van der Waals surface area contributed by atoms with Crippen LogP contribution in [0.1, 0.15) is 6.42 Å². The van der Waals surface area contributed by atoms with E-state index in [2.05, 4.69) is 27.9 Å². The van der Waals surface area contributed by atoms with Gasteiger partial charge in [-0.25, -0.2) is 0 Å². The summed E-state index contributed by atoms with van der Waals surface area (Å²) < 4.78 is 11.0. The topological polar surface area (TPSA) is 30.5 Å². The van der Waals surface area contributed by atoms with Crippen molar-refractivity contribution in [1.29, 1.82) is 0 Å². The molecule has 0 radical (unpaired) electrons. The zero-order chi connectivity index (χ0) is 13.9. The van der Waals surface area contributed by atoms with Crippen LogP contribution in [0.15, 0.2) is 18.2 Å². The molecular weight excluding hydrogens is 400 g/mol. The van der Waals surface area contributed by atoms with Gasteiger partial charge in [0.05, 0.1) is 11.6 Å². The van der Waals surface area contributed by atoms with Gasteiger partial charge in [0.2, 0.25) is 0 Å². The first kappa shape index (κ1) is 15.6. The SMILES string of the molecule is COC[C@](I)(Oc1cccc(Cl)c1Cl)C1CCNC1. The van der Waals surface area contributed by atoms with Gasteiger partial charge in [0.15, 0.2) is 3.61 Å². The average molecular weight is 416 g/mol. The molecule has 0 saturated carbocycles. The van der Waals surface area contributed by atoms with E-state index in [0.717, 1.165) is 19.5 Å². The van der Waals surface area contributed by atoms with Gasteiger partial charge in [0.1, 0.15) is 10.8 Å². The highest BCUT2D eigenvalue weighted by atomic mass is 127. The monoisotopic (exact) mass is 415 g/mol.